The number of hydrogen-bond donors (Lipinski definition) is 0. The van der Waals surface area contributed by atoms with Crippen LogP contribution >= 0.6 is 0 Å². The zero-order valence-corrected chi connectivity index (χ0v) is 20.2. The Kier molecular flexibility index (Phi) is 7.63. The van der Waals surface area contributed by atoms with Crippen molar-refractivity contribution in [2.45, 2.75) is 70.8 Å². The summed E-state index contributed by atoms with van der Waals surface area (Å²) in [7, 11) is 0. The fourth-order valence-corrected chi connectivity index (χ4v) is 4.71. The van der Waals surface area contributed by atoms with Gasteiger partial charge in [0.2, 0.25) is 0 Å². The Balaban J connectivity index is 2.24. The standard InChI is InChI=1S/C26H26F6N2O2/c1-5-19-12-20(21-7-14(3)15(4)8-23(21)34(19)24(35)36-6-2)22(13-33)16-9-17(25(27,28)29)11-18(10-16)26(30,31)32/h7-11,19-20,22H,5-6,12H2,1-4H3/t19-,20+,22?/m1/s1. The molecule has 194 valence electrons. The molecule has 0 N–H and O–H groups in total. The fraction of sp³-hybridized carbons (Fsp3) is 0.462. The van der Waals surface area contributed by atoms with E-state index in [1.807, 2.05) is 19.9 Å². The van der Waals surface area contributed by atoms with Gasteiger partial charge in [0.05, 0.1) is 35.4 Å². The molecule has 0 radical (unpaired) electrons. The summed E-state index contributed by atoms with van der Waals surface area (Å²) in [5, 5.41) is 10.1. The first-order chi connectivity index (χ1) is 16.7. The molecule has 36 heavy (non-hydrogen) atoms. The summed E-state index contributed by atoms with van der Waals surface area (Å²) in [6.07, 6.45) is -10.0. The Labute approximate surface area is 205 Å². The third kappa shape index (κ3) is 5.30. The molecule has 1 aliphatic rings. The Morgan fingerprint density at radius 2 is 1.58 bits per heavy atom. The maximum Gasteiger partial charge on any atom is 0.416 e. The average molecular weight is 512 g/mol. The number of carbonyl (C=O) groups excluding carboxylic acids is 1. The van der Waals surface area contributed by atoms with E-state index >= 15 is 0 Å². The van der Waals surface area contributed by atoms with Gasteiger partial charge >= 0.3 is 18.4 Å². The highest BCUT2D eigenvalue weighted by molar-refractivity contribution is 5.90. The molecule has 0 aliphatic carbocycles. The number of alkyl halides is 6. The quantitative estimate of drug-likeness (QED) is 0.392. The van der Waals surface area contributed by atoms with Crippen LogP contribution in [0.25, 0.3) is 0 Å². The van der Waals surface area contributed by atoms with E-state index in [9.17, 15) is 36.4 Å². The number of rotatable bonds is 4. The van der Waals surface area contributed by atoms with Gasteiger partial charge in [-0.15, -0.1) is 0 Å². The van der Waals surface area contributed by atoms with Crippen molar-refractivity contribution in [3.8, 4) is 6.07 Å². The molecule has 4 nitrogen and oxygen atoms in total. The van der Waals surface area contributed by atoms with E-state index in [1.54, 1.807) is 26.0 Å². The van der Waals surface area contributed by atoms with Crippen LogP contribution in [-0.2, 0) is 17.1 Å². The predicted molar refractivity (Wildman–Crippen MR) is 122 cm³/mol. The molecule has 2 aromatic rings. The van der Waals surface area contributed by atoms with Crippen LogP contribution in [0.2, 0.25) is 0 Å². The molecule has 1 aliphatic heterocycles. The second-order valence-corrected chi connectivity index (χ2v) is 8.91. The van der Waals surface area contributed by atoms with Gasteiger partial charge in [0.1, 0.15) is 0 Å². The lowest BCUT2D eigenvalue weighted by molar-refractivity contribution is -0.143. The second-order valence-electron chi connectivity index (χ2n) is 8.91. The monoisotopic (exact) mass is 512 g/mol. The lowest BCUT2D eigenvalue weighted by Crippen LogP contribution is -2.45. The second kappa shape index (κ2) is 10.0. The number of nitriles is 1. The molecule has 0 aromatic heterocycles. The van der Waals surface area contributed by atoms with E-state index in [2.05, 4.69) is 0 Å². The first-order valence-electron chi connectivity index (χ1n) is 11.5. The Morgan fingerprint density at radius 1 is 1.03 bits per heavy atom. The average Bonchev–Trinajstić information content (AvgIpc) is 2.79. The van der Waals surface area contributed by atoms with Gasteiger partial charge in [-0.25, -0.2) is 4.79 Å². The topological polar surface area (TPSA) is 53.3 Å². The van der Waals surface area contributed by atoms with Gasteiger partial charge in [0.15, 0.2) is 0 Å². The van der Waals surface area contributed by atoms with E-state index in [0.29, 0.717) is 29.8 Å². The number of ether oxygens (including phenoxy) is 1. The van der Waals surface area contributed by atoms with Crippen molar-refractivity contribution in [3.05, 3.63) is 63.7 Å². The van der Waals surface area contributed by atoms with Crippen LogP contribution in [0.4, 0.5) is 36.8 Å². The molecule has 3 rings (SSSR count). The smallest absolute Gasteiger partial charge is 0.416 e. The van der Waals surface area contributed by atoms with Crippen molar-refractivity contribution in [2.75, 3.05) is 11.5 Å². The molecule has 10 heteroatoms. The first-order valence-corrected chi connectivity index (χ1v) is 11.5. The van der Waals surface area contributed by atoms with Crippen molar-refractivity contribution >= 4 is 11.8 Å². The maximum absolute atomic E-state index is 13.5. The minimum atomic E-state index is -5.03. The maximum atomic E-state index is 13.5. The molecule has 0 bridgehead atoms. The van der Waals surface area contributed by atoms with Gasteiger partial charge in [-0.2, -0.15) is 31.6 Å². The van der Waals surface area contributed by atoms with Gasteiger partial charge in [-0.3, -0.25) is 4.90 Å². The largest absolute Gasteiger partial charge is 0.449 e. The third-order valence-corrected chi connectivity index (χ3v) is 6.64. The van der Waals surface area contributed by atoms with Crippen LogP contribution in [0.15, 0.2) is 30.3 Å². The zero-order valence-electron chi connectivity index (χ0n) is 20.2. The van der Waals surface area contributed by atoms with E-state index in [-0.39, 0.29) is 24.7 Å². The summed E-state index contributed by atoms with van der Waals surface area (Å²) in [6, 6.07) is 6.27. The van der Waals surface area contributed by atoms with Crippen LogP contribution < -0.4 is 4.90 Å². The van der Waals surface area contributed by atoms with Crippen LogP contribution in [0.3, 0.4) is 0 Å². The minimum absolute atomic E-state index is 0.0532. The van der Waals surface area contributed by atoms with Crippen molar-refractivity contribution in [1.82, 2.24) is 0 Å². The summed E-state index contributed by atoms with van der Waals surface area (Å²) in [5.41, 5.74) is -0.697. The molecule has 0 saturated carbocycles. The molecule has 2 aromatic carbocycles. The van der Waals surface area contributed by atoms with Gasteiger partial charge < -0.3 is 4.74 Å². The predicted octanol–water partition coefficient (Wildman–Crippen LogP) is 7.88. The van der Waals surface area contributed by atoms with Crippen LogP contribution in [0.5, 0.6) is 0 Å². The summed E-state index contributed by atoms with van der Waals surface area (Å²) in [5.74, 6) is -2.06. The molecule has 0 fully saturated rings. The van der Waals surface area contributed by atoms with Crippen LogP contribution in [0, 0.1) is 25.2 Å². The molecule has 3 atom stereocenters. The Bertz CT molecular complexity index is 1150. The van der Waals surface area contributed by atoms with E-state index < -0.39 is 47.5 Å². The third-order valence-electron chi connectivity index (χ3n) is 6.64. The number of carbonyl (C=O) groups is 1. The number of fused-ring (bicyclic) bond motifs is 1. The highest BCUT2D eigenvalue weighted by Gasteiger charge is 2.42. The lowest BCUT2D eigenvalue weighted by Gasteiger charge is -2.42. The summed E-state index contributed by atoms with van der Waals surface area (Å²) in [4.78, 5) is 14.3. The molecule has 0 saturated heterocycles. The van der Waals surface area contributed by atoms with E-state index in [1.165, 1.54) is 4.90 Å². The summed E-state index contributed by atoms with van der Waals surface area (Å²) in [6.45, 7) is 7.23. The van der Waals surface area contributed by atoms with Gasteiger partial charge in [-0.1, -0.05) is 13.0 Å². The number of hydrogen-bond acceptors (Lipinski definition) is 3. The summed E-state index contributed by atoms with van der Waals surface area (Å²) < 4.78 is 86.2. The number of anilines is 1. The fourth-order valence-electron chi connectivity index (χ4n) is 4.71. The molecular formula is C26H26F6N2O2. The van der Waals surface area contributed by atoms with Crippen molar-refractivity contribution in [2.24, 2.45) is 0 Å². The van der Waals surface area contributed by atoms with Gasteiger partial charge in [0.25, 0.3) is 0 Å². The SMILES string of the molecule is CCOC(=O)N1c2cc(C)c(C)cc2[C@@H](C(C#N)c2cc(C(F)(F)F)cc(C(F)(F)F)c2)C[C@H]1CC. The normalized spacial score (nSPS) is 18.9. The van der Waals surface area contributed by atoms with Crippen molar-refractivity contribution < 1.29 is 35.9 Å². The first kappa shape index (κ1) is 27.4. The van der Waals surface area contributed by atoms with E-state index in [4.69, 9.17) is 4.74 Å². The Morgan fingerprint density at radius 3 is 2.06 bits per heavy atom. The molecule has 1 unspecified atom stereocenters. The van der Waals surface area contributed by atoms with Crippen molar-refractivity contribution in [3.63, 3.8) is 0 Å². The summed E-state index contributed by atoms with van der Waals surface area (Å²) >= 11 is 0. The number of benzene rings is 2. The highest BCUT2D eigenvalue weighted by atomic mass is 19.4. The highest BCUT2D eigenvalue weighted by Crippen LogP contribution is 2.48. The van der Waals surface area contributed by atoms with Crippen LogP contribution in [-0.4, -0.2) is 18.7 Å². The number of amides is 1. The lowest BCUT2D eigenvalue weighted by atomic mass is 9.73. The Hall–Kier alpha value is -3.22. The minimum Gasteiger partial charge on any atom is -0.449 e. The number of halogens is 6. The van der Waals surface area contributed by atoms with Gasteiger partial charge in [0, 0.05) is 12.0 Å². The van der Waals surface area contributed by atoms with Crippen molar-refractivity contribution in [1.29, 1.82) is 5.26 Å². The van der Waals surface area contributed by atoms with Crippen LogP contribution in [0.1, 0.15) is 71.9 Å². The number of nitrogens with zero attached hydrogens (tertiary/aromatic N) is 2. The zero-order chi connectivity index (χ0) is 27.0. The molecule has 1 amide bonds. The number of aryl methyl sites for hydroxylation is 2. The van der Waals surface area contributed by atoms with Gasteiger partial charge in [-0.05, 0) is 80.1 Å². The molecular weight excluding hydrogens is 486 g/mol. The van der Waals surface area contributed by atoms with E-state index in [0.717, 1.165) is 11.1 Å². The molecule has 1 heterocycles. The molecule has 0 spiro atoms.